The molecule has 10 nitrogen and oxygen atoms in total. The summed E-state index contributed by atoms with van der Waals surface area (Å²) in [5.74, 6) is -2.47. The maximum Gasteiger partial charge on any atom is 0.357 e. The molecule has 33 heavy (non-hydrogen) atoms. The zero-order chi connectivity index (χ0) is 24.3. The Bertz CT molecular complexity index is 1230. The fraction of sp³-hybridized carbons (Fsp3) is 0.333. The average Bonchev–Trinajstić information content (AvgIpc) is 3.35. The summed E-state index contributed by atoms with van der Waals surface area (Å²) < 4.78 is 24.6. The van der Waals surface area contributed by atoms with Gasteiger partial charge in [0.05, 0.1) is 14.2 Å². The number of amides is 1. The van der Waals surface area contributed by atoms with Gasteiger partial charge in [0.2, 0.25) is 11.8 Å². The number of halogens is 1. The molecule has 1 aromatic carbocycles. The number of aromatic amines is 1. The number of carbonyl (C=O) groups is 2. The lowest BCUT2D eigenvalue weighted by Gasteiger charge is -2.19. The molecule has 2 aromatic heterocycles. The number of nitrogens with one attached hydrogen (secondary N) is 2. The molecule has 0 radical (unpaired) electrons. The lowest BCUT2D eigenvalue weighted by Crippen LogP contribution is -2.33. The van der Waals surface area contributed by atoms with E-state index in [1.165, 1.54) is 31.7 Å². The third-order valence-electron chi connectivity index (χ3n) is 4.78. The Kier molecular flexibility index (Phi) is 7.16. The van der Waals surface area contributed by atoms with Crippen molar-refractivity contribution < 1.29 is 28.6 Å². The minimum atomic E-state index is -1.10. The number of aromatic hydroxyl groups is 1. The van der Waals surface area contributed by atoms with Crippen LogP contribution in [0.2, 0.25) is 0 Å². The van der Waals surface area contributed by atoms with Crippen LogP contribution in [-0.4, -0.2) is 45.7 Å². The summed E-state index contributed by atoms with van der Waals surface area (Å²) in [5.41, 5.74) is -0.545. The SMILES string of the molecule is COC(=O)c1csc(NC(=O)[C@H](CC(C)C)n2c(O)c(-c3ccc(OC)c(F)c3)[nH]c2=O)n1. The van der Waals surface area contributed by atoms with Gasteiger partial charge in [-0.05, 0) is 30.5 Å². The lowest BCUT2D eigenvalue weighted by atomic mass is 10.0. The van der Waals surface area contributed by atoms with Gasteiger partial charge in [-0.25, -0.2) is 19.0 Å². The molecule has 0 saturated carbocycles. The van der Waals surface area contributed by atoms with E-state index < -0.39 is 35.3 Å². The van der Waals surface area contributed by atoms with Gasteiger partial charge in [-0.1, -0.05) is 13.8 Å². The molecule has 0 unspecified atom stereocenters. The second-order valence-electron chi connectivity index (χ2n) is 7.51. The number of rotatable bonds is 8. The van der Waals surface area contributed by atoms with Crippen molar-refractivity contribution in [2.45, 2.75) is 26.3 Å². The summed E-state index contributed by atoms with van der Waals surface area (Å²) in [5, 5.41) is 14.9. The highest BCUT2D eigenvalue weighted by molar-refractivity contribution is 7.14. The van der Waals surface area contributed by atoms with E-state index >= 15 is 0 Å². The van der Waals surface area contributed by atoms with Gasteiger partial charge in [-0.3, -0.25) is 9.36 Å². The van der Waals surface area contributed by atoms with Gasteiger partial charge in [0, 0.05) is 10.9 Å². The Hall–Kier alpha value is -3.67. The van der Waals surface area contributed by atoms with E-state index in [2.05, 4.69) is 20.0 Å². The van der Waals surface area contributed by atoms with E-state index in [4.69, 9.17) is 4.74 Å². The monoisotopic (exact) mass is 478 g/mol. The quantitative estimate of drug-likeness (QED) is 0.423. The second kappa shape index (κ2) is 9.86. The van der Waals surface area contributed by atoms with Crippen LogP contribution in [0.1, 0.15) is 36.8 Å². The maximum absolute atomic E-state index is 14.2. The number of ether oxygens (including phenoxy) is 2. The van der Waals surface area contributed by atoms with Crippen LogP contribution >= 0.6 is 11.3 Å². The first kappa shape index (κ1) is 24.0. The topological polar surface area (TPSA) is 136 Å². The van der Waals surface area contributed by atoms with Crippen molar-refractivity contribution in [3.05, 3.63) is 45.6 Å². The Morgan fingerprint density at radius 2 is 2.06 bits per heavy atom. The predicted octanol–water partition coefficient (Wildman–Crippen LogP) is 3.17. The number of hydrogen-bond donors (Lipinski definition) is 3. The first-order valence-corrected chi connectivity index (χ1v) is 10.8. The summed E-state index contributed by atoms with van der Waals surface area (Å²) in [6.07, 6.45) is 0.211. The van der Waals surface area contributed by atoms with Gasteiger partial charge >= 0.3 is 11.7 Å². The molecule has 0 aliphatic rings. The highest BCUT2D eigenvalue weighted by atomic mass is 32.1. The fourth-order valence-corrected chi connectivity index (χ4v) is 3.93. The van der Waals surface area contributed by atoms with Crippen LogP contribution in [-0.2, 0) is 9.53 Å². The van der Waals surface area contributed by atoms with Crippen molar-refractivity contribution in [1.82, 2.24) is 14.5 Å². The van der Waals surface area contributed by atoms with Crippen LogP contribution in [0.25, 0.3) is 11.3 Å². The van der Waals surface area contributed by atoms with Gasteiger partial charge in [0.15, 0.2) is 22.4 Å². The third-order valence-corrected chi connectivity index (χ3v) is 5.54. The highest BCUT2D eigenvalue weighted by Crippen LogP contribution is 2.33. The number of methoxy groups -OCH3 is 2. The van der Waals surface area contributed by atoms with Gasteiger partial charge in [-0.15, -0.1) is 11.3 Å². The lowest BCUT2D eigenvalue weighted by molar-refractivity contribution is -0.119. The molecule has 3 aromatic rings. The van der Waals surface area contributed by atoms with Crippen molar-refractivity contribution in [3.63, 3.8) is 0 Å². The van der Waals surface area contributed by atoms with Gasteiger partial charge in [0.1, 0.15) is 11.7 Å². The van der Waals surface area contributed by atoms with Crippen LogP contribution in [0.3, 0.4) is 0 Å². The summed E-state index contributed by atoms with van der Waals surface area (Å²) in [7, 11) is 2.53. The molecule has 2 heterocycles. The Labute approximate surface area is 192 Å². The van der Waals surface area contributed by atoms with Crippen LogP contribution in [0.5, 0.6) is 11.6 Å². The zero-order valence-corrected chi connectivity index (χ0v) is 19.2. The predicted molar refractivity (Wildman–Crippen MR) is 119 cm³/mol. The summed E-state index contributed by atoms with van der Waals surface area (Å²) >= 11 is 1.01. The third kappa shape index (κ3) is 5.06. The number of nitrogens with zero attached hydrogens (tertiary/aromatic N) is 2. The van der Waals surface area contributed by atoms with Crippen molar-refractivity contribution in [1.29, 1.82) is 0 Å². The van der Waals surface area contributed by atoms with Crippen LogP contribution < -0.4 is 15.7 Å². The van der Waals surface area contributed by atoms with E-state index in [1.54, 1.807) is 0 Å². The molecule has 0 spiro atoms. The number of H-pyrrole nitrogens is 1. The Balaban J connectivity index is 1.96. The minimum Gasteiger partial charge on any atom is -0.494 e. The molecule has 0 aliphatic heterocycles. The molecule has 1 atom stereocenters. The molecule has 3 N–H and O–H groups in total. The molecule has 0 fully saturated rings. The molecular weight excluding hydrogens is 455 g/mol. The van der Waals surface area contributed by atoms with Gasteiger partial charge in [-0.2, -0.15) is 0 Å². The van der Waals surface area contributed by atoms with E-state index in [9.17, 15) is 23.9 Å². The number of thiazole rings is 1. The van der Waals surface area contributed by atoms with Crippen molar-refractivity contribution in [2.24, 2.45) is 5.92 Å². The standard InChI is InChI=1S/C21H23FN4O6S/c1-10(2)7-14(17(27)25-20-23-13(9-33-20)19(29)32-4)26-18(28)16(24-21(26)30)11-5-6-15(31-3)12(22)8-11/h5-6,8-10,14,28H,7H2,1-4H3,(H,24,30)(H,23,25,27)/t14-/m0/s1. The number of aromatic nitrogens is 3. The molecule has 0 saturated heterocycles. The van der Waals surface area contributed by atoms with Crippen molar-refractivity contribution in [3.8, 4) is 22.9 Å². The van der Waals surface area contributed by atoms with E-state index in [0.29, 0.717) is 0 Å². The number of esters is 1. The average molecular weight is 479 g/mol. The zero-order valence-electron chi connectivity index (χ0n) is 18.3. The number of benzene rings is 1. The van der Waals surface area contributed by atoms with Gasteiger partial charge < -0.3 is 24.9 Å². The maximum atomic E-state index is 14.2. The van der Waals surface area contributed by atoms with Crippen LogP contribution in [0.15, 0.2) is 28.4 Å². The molecule has 176 valence electrons. The van der Waals surface area contributed by atoms with Crippen LogP contribution in [0, 0.1) is 11.7 Å². The normalized spacial score (nSPS) is 11.9. The number of carbonyl (C=O) groups excluding carboxylic acids is 2. The summed E-state index contributed by atoms with van der Waals surface area (Å²) in [4.78, 5) is 43.9. The fourth-order valence-electron chi connectivity index (χ4n) is 3.25. The number of anilines is 1. The Morgan fingerprint density at radius 1 is 1.33 bits per heavy atom. The van der Waals surface area contributed by atoms with Crippen molar-refractivity contribution in [2.75, 3.05) is 19.5 Å². The van der Waals surface area contributed by atoms with Gasteiger partial charge in [0.25, 0.3) is 0 Å². The highest BCUT2D eigenvalue weighted by Gasteiger charge is 2.29. The second-order valence-corrected chi connectivity index (χ2v) is 8.37. The number of imidazole rings is 1. The largest absolute Gasteiger partial charge is 0.494 e. The molecule has 12 heteroatoms. The van der Waals surface area contributed by atoms with Crippen molar-refractivity contribution >= 4 is 28.3 Å². The van der Waals surface area contributed by atoms with E-state index in [0.717, 1.165) is 22.0 Å². The first-order chi connectivity index (χ1) is 15.7. The smallest absolute Gasteiger partial charge is 0.357 e. The first-order valence-electron chi connectivity index (χ1n) is 9.88. The van der Waals surface area contributed by atoms with E-state index in [1.807, 2.05) is 13.8 Å². The molecule has 0 aliphatic carbocycles. The Morgan fingerprint density at radius 3 is 2.67 bits per heavy atom. The minimum absolute atomic E-state index is 0.00635. The molecular formula is C21H23FN4O6S. The molecule has 1 amide bonds. The number of hydrogen-bond acceptors (Lipinski definition) is 8. The molecule has 3 rings (SSSR count). The van der Waals surface area contributed by atoms with Crippen LogP contribution in [0.4, 0.5) is 9.52 Å². The summed E-state index contributed by atoms with van der Waals surface area (Å²) in [6, 6.07) is 2.84. The summed E-state index contributed by atoms with van der Waals surface area (Å²) in [6.45, 7) is 3.71. The molecule has 0 bridgehead atoms. The van der Waals surface area contributed by atoms with E-state index in [-0.39, 0.29) is 40.2 Å².